The van der Waals surface area contributed by atoms with E-state index in [1.807, 2.05) is 18.2 Å². The van der Waals surface area contributed by atoms with Gasteiger partial charge in [-0.3, -0.25) is 4.79 Å². The third-order valence-corrected chi connectivity index (χ3v) is 3.22. The molecule has 0 radical (unpaired) electrons. The molecule has 1 atom stereocenters. The van der Waals surface area contributed by atoms with Gasteiger partial charge in [-0.1, -0.05) is 17.3 Å². The van der Waals surface area contributed by atoms with E-state index in [4.69, 9.17) is 14.0 Å². The highest BCUT2D eigenvalue weighted by Gasteiger charge is 2.20. The number of esters is 1. The van der Waals surface area contributed by atoms with Gasteiger partial charge < -0.3 is 14.0 Å². The van der Waals surface area contributed by atoms with Crippen molar-refractivity contribution in [3.63, 3.8) is 0 Å². The summed E-state index contributed by atoms with van der Waals surface area (Å²) < 4.78 is 15.5. The predicted octanol–water partition coefficient (Wildman–Crippen LogP) is 2.31. The van der Waals surface area contributed by atoms with Crippen molar-refractivity contribution >= 4 is 11.9 Å². The number of carbonyl (C=O) groups is 2. The molecule has 0 bridgehead atoms. The van der Waals surface area contributed by atoms with Gasteiger partial charge in [0.15, 0.2) is 11.8 Å². The molecule has 0 fully saturated rings. The largest absolute Gasteiger partial charge is 0.497 e. The topological polar surface area (TPSA) is 103 Å². The molecule has 2 heterocycles. The number of amides is 1. The Kier molecular flexibility index (Phi) is 4.46. The number of methoxy groups -OCH3 is 1. The molecule has 122 valence electrons. The highest BCUT2D eigenvalue weighted by atomic mass is 16.5. The van der Waals surface area contributed by atoms with Crippen LogP contribution in [-0.2, 0) is 20.9 Å². The van der Waals surface area contributed by atoms with Crippen molar-refractivity contribution in [2.45, 2.75) is 12.6 Å². The number of azo groups is 1. The van der Waals surface area contributed by atoms with E-state index in [2.05, 4.69) is 15.4 Å². The van der Waals surface area contributed by atoms with Crippen molar-refractivity contribution < 1.29 is 23.6 Å². The number of rotatable bonds is 5. The normalized spacial score (nSPS) is 16.2. The zero-order valence-electron chi connectivity index (χ0n) is 12.7. The van der Waals surface area contributed by atoms with Crippen LogP contribution < -0.4 is 4.74 Å². The number of benzene rings is 1. The Morgan fingerprint density at radius 2 is 2.21 bits per heavy atom. The minimum atomic E-state index is -0.910. The molecule has 1 amide bonds. The molecule has 1 aliphatic rings. The van der Waals surface area contributed by atoms with E-state index in [1.165, 1.54) is 12.2 Å². The van der Waals surface area contributed by atoms with Crippen LogP contribution in [0.5, 0.6) is 5.75 Å². The van der Waals surface area contributed by atoms with Crippen LogP contribution in [0.2, 0.25) is 0 Å². The fourth-order valence-corrected chi connectivity index (χ4v) is 2.01. The van der Waals surface area contributed by atoms with Crippen LogP contribution in [0.25, 0.3) is 11.3 Å². The van der Waals surface area contributed by atoms with Crippen molar-refractivity contribution in [1.82, 2.24) is 5.16 Å². The summed E-state index contributed by atoms with van der Waals surface area (Å²) in [6.45, 7) is -0.0693. The van der Waals surface area contributed by atoms with Crippen LogP contribution in [0.3, 0.4) is 0 Å². The smallest absolute Gasteiger partial charge is 0.337 e. The van der Waals surface area contributed by atoms with Crippen LogP contribution in [0, 0.1) is 0 Å². The molecule has 1 unspecified atom stereocenters. The van der Waals surface area contributed by atoms with Crippen molar-refractivity contribution in [2.75, 3.05) is 7.11 Å². The zero-order chi connectivity index (χ0) is 16.9. The standard InChI is InChI=1S/C16H13N3O5/c1-22-12-4-2-3-10(7-12)14-8-11(19-24-14)9-23-16(21)13-5-6-15(20)18-17-13/h2-8,13H,9H2,1H3. The maximum Gasteiger partial charge on any atom is 0.337 e. The molecule has 0 N–H and O–H groups in total. The minimum absolute atomic E-state index is 0.0693. The first kappa shape index (κ1) is 15.6. The van der Waals surface area contributed by atoms with Crippen molar-refractivity contribution in [3.8, 4) is 17.1 Å². The van der Waals surface area contributed by atoms with Gasteiger partial charge in [0, 0.05) is 17.7 Å². The SMILES string of the molecule is COc1cccc(-c2cc(COC(=O)C3C=CC(=O)N=N3)no2)c1. The summed E-state index contributed by atoms with van der Waals surface area (Å²) in [5, 5.41) is 10.7. The first-order valence-electron chi connectivity index (χ1n) is 7.05. The van der Waals surface area contributed by atoms with Gasteiger partial charge in [-0.15, -0.1) is 5.11 Å². The van der Waals surface area contributed by atoms with Crippen molar-refractivity contribution in [2.24, 2.45) is 10.2 Å². The average Bonchev–Trinajstić information content (AvgIpc) is 3.09. The summed E-state index contributed by atoms with van der Waals surface area (Å²) in [6, 6.07) is 8.07. The van der Waals surface area contributed by atoms with Gasteiger partial charge in [-0.2, -0.15) is 5.11 Å². The molecule has 2 aromatic rings. The Bertz CT molecular complexity index is 809. The first-order chi connectivity index (χ1) is 11.7. The number of carbonyl (C=O) groups excluding carboxylic acids is 2. The molecular formula is C16H13N3O5. The Balaban J connectivity index is 1.62. The van der Waals surface area contributed by atoms with Crippen LogP contribution >= 0.6 is 0 Å². The Morgan fingerprint density at radius 1 is 1.33 bits per heavy atom. The molecule has 1 aromatic carbocycles. The third-order valence-electron chi connectivity index (χ3n) is 3.22. The van der Waals surface area contributed by atoms with Crippen molar-refractivity contribution in [3.05, 3.63) is 48.2 Å². The van der Waals surface area contributed by atoms with E-state index in [0.29, 0.717) is 17.2 Å². The lowest BCUT2D eigenvalue weighted by atomic mass is 10.1. The van der Waals surface area contributed by atoms with E-state index >= 15 is 0 Å². The van der Waals surface area contributed by atoms with Crippen LogP contribution in [0.1, 0.15) is 5.69 Å². The Labute approximate surface area is 136 Å². The summed E-state index contributed by atoms with van der Waals surface area (Å²) in [5.74, 6) is 0.107. The van der Waals surface area contributed by atoms with Gasteiger partial charge in [0.25, 0.3) is 5.91 Å². The molecule has 0 aliphatic carbocycles. The average molecular weight is 327 g/mol. The van der Waals surface area contributed by atoms with E-state index < -0.39 is 17.9 Å². The van der Waals surface area contributed by atoms with Gasteiger partial charge in [0.2, 0.25) is 0 Å². The summed E-state index contributed by atoms with van der Waals surface area (Å²) in [6.07, 6.45) is 2.51. The lowest BCUT2D eigenvalue weighted by molar-refractivity contribution is -0.145. The van der Waals surface area contributed by atoms with Gasteiger partial charge >= 0.3 is 5.97 Å². The van der Waals surface area contributed by atoms with E-state index in [0.717, 1.165) is 5.56 Å². The molecule has 8 nitrogen and oxygen atoms in total. The second-order valence-corrected chi connectivity index (χ2v) is 4.88. The quantitative estimate of drug-likeness (QED) is 0.781. The van der Waals surface area contributed by atoms with Crippen LogP contribution in [0.15, 0.2) is 57.2 Å². The number of hydrogen-bond acceptors (Lipinski definition) is 7. The van der Waals surface area contributed by atoms with E-state index in [9.17, 15) is 9.59 Å². The maximum atomic E-state index is 11.8. The fourth-order valence-electron chi connectivity index (χ4n) is 2.01. The molecule has 3 rings (SSSR count). The van der Waals surface area contributed by atoms with Crippen molar-refractivity contribution in [1.29, 1.82) is 0 Å². The van der Waals surface area contributed by atoms with Gasteiger partial charge in [0.1, 0.15) is 18.1 Å². The molecule has 0 saturated heterocycles. The molecule has 1 aliphatic heterocycles. The number of nitrogens with zero attached hydrogens (tertiary/aromatic N) is 3. The second-order valence-electron chi connectivity index (χ2n) is 4.88. The number of hydrogen-bond donors (Lipinski definition) is 0. The fraction of sp³-hybridized carbons (Fsp3) is 0.188. The van der Waals surface area contributed by atoms with E-state index in [1.54, 1.807) is 19.2 Å². The molecule has 8 heteroatoms. The van der Waals surface area contributed by atoms with E-state index in [-0.39, 0.29) is 6.61 Å². The Hall–Kier alpha value is -3.29. The number of aromatic nitrogens is 1. The van der Waals surface area contributed by atoms with Crippen LogP contribution in [0.4, 0.5) is 0 Å². The molecule has 24 heavy (non-hydrogen) atoms. The monoisotopic (exact) mass is 327 g/mol. The molecule has 0 saturated carbocycles. The lowest BCUT2D eigenvalue weighted by Crippen LogP contribution is -2.21. The molecular weight excluding hydrogens is 314 g/mol. The highest BCUT2D eigenvalue weighted by Crippen LogP contribution is 2.24. The van der Waals surface area contributed by atoms with Gasteiger partial charge in [0.05, 0.1) is 7.11 Å². The highest BCUT2D eigenvalue weighted by molar-refractivity contribution is 5.91. The van der Waals surface area contributed by atoms with Crippen LogP contribution in [-0.4, -0.2) is 30.2 Å². The summed E-state index contributed by atoms with van der Waals surface area (Å²) in [7, 11) is 1.58. The lowest BCUT2D eigenvalue weighted by Gasteiger charge is -2.07. The summed E-state index contributed by atoms with van der Waals surface area (Å²) in [5.41, 5.74) is 1.25. The predicted molar refractivity (Wildman–Crippen MR) is 81.1 cm³/mol. The summed E-state index contributed by atoms with van der Waals surface area (Å²) >= 11 is 0. The zero-order valence-corrected chi connectivity index (χ0v) is 12.7. The third kappa shape index (κ3) is 3.54. The second kappa shape index (κ2) is 6.86. The first-order valence-corrected chi connectivity index (χ1v) is 7.05. The number of ether oxygens (including phenoxy) is 2. The Morgan fingerprint density at radius 3 is 2.96 bits per heavy atom. The molecule has 0 spiro atoms. The van der Waals surface area contributed by atoms with Gasteiger partial charge in [-0.05, 0) is 18.2 Å². The maximum absolute atomic E-state index is 11.8. The summed E-state index contributed by atoms with van der Waals surface area (Å²) in [4.78, 5) is 22.7. The molecule has 1 aromatic heterocycles. The van der Waals surface area contributed by atoms with Gasteiger partial charge in [-0.25, -0.2) is 4.79 Å². The minimum Gasteiger partial charge on any atom is -0.497 e.